The first-order valence-electron chi connectivity index (χ1n) is 23.4. The van der Waals surface area contributed by atoms with E-state index in [9.17, 15) is 0 Å². The molecule has 0 aliphatic carbocycles. The molecule has 3 heteroatoms. The average Bonchev–Trinajstić information content (AvgIpc) is 3.18. The van der Waals surface area contributed by atoms with Crippen molar-refractivity contribution in [3.63, 3.8) is 0 Å². The summed E-state index contributed by atoms with van der Waals surface area (Å²) in [6, 6.07) is 13.7. The predicted molar refractivity (Wildman–Crippen MR) is 244 cm³/mol. The summed E-state index contributed by atoms with van der Waals surface area (Å²) in [4.78, 5) is 10.4. The van der Waals surface area contributed by atoms with Crippen molar-refractivity contribution in [3.05, 3.63) is 58.7 Å². The second-order valence-electron chi connectivity index (χ2n) is 16.2. The Balaban J connectivity index is 0.0000151. The van der Waals surface area contributed by atoms with Gasteiger partial charge in [-0.25, -0.2) is 4.99 Å². The van der Waals surface area contributed by atoms with Gasteiger partial charge >= 0.3 is 0 Å². The fourth-order valence-electron chi connectivity index (χ4n) is 7.45. The number of benzene rings is 2. The maximum Gasteiger partial charge on any atom is 0.135 e. The van der Waals surface area contributed by atoms with Crippen molar-refractivity contribution in [2.75, 3.05) is 0 Å². The molecule has 0 saturated carbocycles. The second kappa shape index (κ2) is 35.0. The zero-order chi connectivity index (χ0) is 38.9. The normalized spacial score (nSPS) is 11.7. The monoisotopic (exact) mass is 795 g/mol. The SMILES string of the molecule is CCCCCCCCCCCCCCCCCCCC#CC(=Nc1ccc(CCCC)c(CCCC)c1)C(C)=Nc1ccc(CCCC)c(CCCC)c1.[Ni]. The quantitative estimate of drug-likeness (QED) is 0.0305. The molecule has 0 heterocycles. The van der Waals surface area contributed by atoms with Crippen molar-refractivity contribution in [1.29, 1.82) is 0 Å². The number of unbranched alkanes of at least 4 members (excludes halogenated alkanes) is 21. The van der Waals surface area contributed by atoms with Crippen LogP contribution in [-0.2, 0) is 42.2 Å². The Bertz CT molecular complexity index is 1360. The largest absolute Gasteiger partial charge is 0.251 e. The average molecular weight is 796 g/mol. The number of aliphatic imine (C=N–C) groups is 2. The van der Waals surface area contributed by atoms with E-state index >= 15 is 0 Å². The van der Waals surface area contributed by atoms with E-state index in [-0.39, 0.29) is 16.5 Å². The standard InChI is InChI=1S/C52H84N2.Ni/c1-7-12-17-18-19-20-21-22-23-24-25-26-27-28-29-30-31-32-33-38-52(54-51-42-40-47(35-14-9-3)49(44-51)37-16-11-5)45(6)53-50-41-39-46(34-13-8-2)48(43-50)36-15-10-4;/h39-44H,7-32,34-37H2,1-6H3;. The number of nitrogens with zero attached hydrogens (tertiary/aromatic N) is 2. The summed E-state index contributed by atoms with van der Waals surface area (Å²) in [5.74, 6) is 7.03. The van der Waals surface area contributed by atoms with Gasteiger partial charge in [-0.3, -0.25) is 4.99 Å². The van der Waals surface area contributed by atoms with Crippen LogP contribution in [0.1, 0.15) is 231 Å². The van der Waals surface area contributed by atoms with E-state index in [0.717, 1.165) is 54.9 Å². The van der Waals surface area contributed by atoms with Gasteiger partial charge in [0.15, 0.2) is 0 Å². The third-order valence-electron chi connectivity index (χ3n) is 11.1. The molecular weight excluding hydrogens is 711 g/mol. The fraction of sp³-hybridized carbons (Fsp3) is 0.692. The zero-order valence-corrected chi connectivity index (χ0v) is 37.9. The van der Waals surface area contributed by atoms with Gasteiger partial charge in [-0.15, -0.1) is 0 Å². The topological polar surface area (TPSA) is 24.7 Å². The van der Waals surface area contributed by atoms with Gasteiger partial charge in [-0.05, 0) is 117 Å². The van der Waals surface area contributed by atoms with Crippen molar-refractivity contribution in [1.82, 2.24) is 0 Å². The zero-order valence-electron chi connectivity index (χ0n) is 36.9. The molecule has 2 aromatic carbocycles. The minimum atomic E-state index is 0. The number of rotatable bonds is 32. The van der Waals surface area contributed by atoms with E-state index < -0.39 is 0 Å². The number of hydrogen-bond acceptors (Lipinski definition) is 2. The van der Waals surface area contributed by atoms with Crippen molar-refractivity contribution < 1.29 is 16.5 Å². The summed E-state index contributed by atoms with van der Waals surface area (Å²) in [6.07, 6.45) is 39.0. The Kier molecular flexibility index (Phi) is 32.4. The third-order valence-corrected chi connectivity index (χ3v) is 11.1. The van der Waals surface area contributed by atoms with Gasteiger partial charge in [0.2, 0.25) is 0 Å². The molecule has 0 bridgehead atoms. The summed E-state index contributed by atoms with van der Waals surface area (Å²) in [7, 11) is 0. The van der Waals surface area contributed by atoms with Crippen LogP contribution in [0.5, 0.6) is 0 Å². The molecule has 0 amide bonds. The molecule has 0 aliphatic rings. The van der Waals surface area contributed by atoms with Crippen molar-refractivity contribution >= 4 is 22.8 Å². The van der Waals surface area contributed by atoms with E-state index in [1.807, 2.05) is 0 Å². The Hall–Kier alpha value is -2.17. The van der Waals surface area contributed by atoms with Crippen molar-refractivity contribution in [3.8, 4) is 11.8 Å². The first-order chi connectivity index (χ1) is 26.6. The summed E-state index contributed by atoms with van der Waals surface area (Å²) in [5, 5.41) is 0. The minimum Gasteiger partial charge on any atom is -0.251 e. The number of aryl methyl sites for hydroxylation is 4. The third kappa shape index (κ3) is 24.3. The van der Waals surface area contributed by atoms with Crippen LogP contribution in [-0.4, -0.2) is 11.4 Å². The molecule has 0 aromatic heterocycles. The summed E-state index contributed by atoms with van der Waals surface area (Å²) in [6.45, 7) is 13.5. The van der Waals surface area contributed by atoms with Crippen LogP contribution in [0.2, 0.25) is 0 Å². The van der Waals surface area contributed by atoms with Crippen LogP contribution in [0.4, 0.5) is 11.4 Å². The molecule has 0 spiro atoms. The molecule has 0 aliphatic heterocycles. The van der Waals surface area contributed by atoms with Crippen LogP contribution >= 0.6 is 0 Å². The van der Waals surface area contributed by atoms with Crippen molar-refractivity contribution in [2.24, 2.45) is 9.98 Å². The molecule has 0 atom stereocenters. The molecule has 0 N–H and O–H groups in total. The smallest absolute Gasteiger partial charge is 0.135 e. The fourth-order valence-corrected chi connectivity index (χ4v) is 7.45. The molecule has 2 rings (SSSR count). The van der Waals surface area contributed by atoms with E-state index in [0.29, 0.717) is 0 Å². The van der Waals surface area contributed by atoms with Gasteiger partial charge in [0.1, 0.15) is 5.71 Å². The molecule has 0 saturated heterocycles. The van der Waals surface area contributed by atoms with E-state index in [4.69, 9.17) is 9.98 Å². The van der Waals surface area contributed by atoms with Gasteiger partial charge in [-0.1, -0.05) is 181 Å². The molecule has 0 radical (unpaired) electrons. The Morgan fingerprint density at radius 3 is 1.16 bits per heavy atom. The van der Waals surface area contributed by atoms with E-state index in [2.05, 4.69) is 89.8 Å². The Labute approximate surface area is 352 Å². The summed E-state index contributed by atoms with van der Waals surface area (Å²) in [5.41, 5.74) is 9.67. The number of hydrogen-bond donors (Lipinski definition) is 0. The molecule has 2 nitrogen and oxygen atoms in total. The second-order valence-corrected chi connectivity index (χ2v) is 16.2. The van der Waals surface area contributed by atoms with Crippen LogP contribution in [0.25, 0.3) is 0 Å². The van der Waals surface area contributed by atoms with E-state index in [1.54, 1.807) is 0 Å². The van der Waals surface area contributed by atoms with Gasteiger partial charge < -0.3 is 0 Å². The molecule has 55 heavy (non-hydrogen) atoms. The molecule has 312 valence electrons. The van der Waals surface area contributed by atoms with Gasteiger partial charge in [-0.2, -0.15) is 0 Å². The first kappa shape index (κ1) is 50.9. The molecular formula is C52H84N2Ni. The molecule has 2 aromatic rings. The van der Waals surface area contributed by atoms with Gasteiger partial charge in [0, 0.05) is 22.9 Å². The van der Waals surface area contributed by atoms with Gasteiger partial charge in [0.25, 0.3) is 0 Å². The van der Waals surface area contributed by atoms with Crippen LogP contribution in [0.15, 0.2) is 46.4 Å². The minimum absolute atomic E-state index is 0. The maximum atomic E-state index is 5.20. The maximum absolute atomic E-state index is 5.20. The van der Waals surface area contributed by atoms with Gasteiger partial charge in [0.05, 0.1) is 17.1 Å². The summed E-state index contributed by atoms with van der Waals surface area (Å²) >= 11 is 0. The van der Waals surface area contributed by atoms with E-state index in [1.165, 1.54) is 183 Å². The Morgan fingerprint density at radius 2 is 0.764 bits per heavy atom. The van der Waals surface area contributed by atoms with Crippen molar-refractivity contribution in [2.45, 2.75) is 234 Å². The Morgan fingerprint density at radius 1 is 0.418 bits per heavy atom. The van der Waals surface area contributed by atoms with Crippen LogP contribution in [0, 0.1) is 11.8 Å². The predicted octanol–water partition coefficient (Wildman–Crippen LogP) is 17.0. The molecule has 0 unspecified atom stereocenters. The van der Waals surface area contributed by atoms with Crippen LogP contribution in [0.3, 0.4) is 0 Å². The molecule has 0 fully saturated rings. The van der Waals surface area contributed by atoms with Crippen LogP contribution < -0.4 is 0 Å². The summed E-state index contributed by atoms with van der Waals surface area (Å²) < 4.78 is 0. The first-order valence-corrected chi connectivity index (χ1v) is 23.4.